The highest BCUT2D eigenvalue weighted by molar-refractivity contribution is 5.90. The molecule has 0 saturated carbocycles. The van der Waals surface area contributed by atoms with Crippen LogP contribution >= 0.6 is 0 Å². The number of rotatable bonds is 8. The van der Waals surface area contributed by atoms with Crippen LogP contribution in [0.1, 0.15) is 18.4 Å². The van der Waals surface area contributed by atoms with Crippen molar-refractivity contribution in [2.24, 2.45) is 5.10 Å². The molecule has 1 saturated heterocycles. The van der Waals surface area contributed by atoms with E-state index in [1.165, 1.54) is 18.3 Å². The lowest BCUT2D eigenvalue weighted by molar-refractivity contribution is -0.384. The van der Waals surface area contributed by atoms with E-state index in [9.17, 15) is 14.9 Å². The Morgan fingerprint density at radius 1 is 1.24 bits per heavy atom. The SMILES string of the molecule is COc1ccc(NCC(=O)N/N=C/c2cc([N+](=O)[O-])ccc2N2CCCC2)cc1. The lowest BCUT2D eigenvalue weighted by atomic mass is 10.1. The highest BCUT2D eigenvalue weighted by atomic mass is 16.6. The molecule has 9 nitrogen and oxygen atoms in total. The van der Waals surface area contributed by atoms with Crippen LogP contribution in [0.15, 0.2) is 47.6 Å². The highest BCUT2D eigenvalue weighted by Gasteiger charge is 2.17. The van der Waals surface area contributed by atoms with E-state index < -0.39 is 4.92 Å². The fraction of sp³-hybridized carbons (Fsp3) is 0.300. The summed E-state index contributed by atoms with van der Waals surface area (Å²) in [5.41, 5.74) is 4.69. The number of hydrogen-bond acceptors (Lipinski definition) is 7. The Labute approximate surface area is 168 Å². The van der Waals surface area contributed by atoms with Crippen LogP contribution in [0.2, 0.25) is 0 Å². The quantitative estimate of drug-likeness (QED) is 0.403. The minimum atomic E-state index is -0.442. The number of anilines is 2. The third kappa shape index (κ3) is 5.44. The zero-order valence-corrected chi connectivity index (χ0v) is 16.1. The van der Waals surface area contributed by atoms with Gasteiger partial charge in [-0.3, -0.25) is 14.9 Å². The van der Waals surface area contributed by atoms with Crippen molar-refractivity contribution < 1.29 is 14.5 Å². The summed E-state index contributed by atoms with van der Waals surface area (Å²) in [6, 6.07) is 11.9. The molecule has 1 aliphatic heterocycles. The summed E-state index contributed by atoms with van der Waals surface area (Å²) in [5, 5.41) is 18.1. The van der Waals surface area contributed by atoms with Gasteiger partial charge in [-0.25, -0.2) is 5.43 Å². The van der Waals surface area contributed by atoms with Crippen LogP contribution in [0.4, 0.5) is 17.1 Å². The molecule has 0 bridgehead atoms. The normalized spacial score (nSPS) is 13.5. The largest absolute Gasteiger partial charge is 0.497 e. The lowest BCUT2D eigenvalue weighted by Gasteiger charge is -2.19. The summed E-state index contributed by atoms with van der Waals surface area (Å²) in [4.78, 5) is 24.8. The smallest absolute Gasteiger partial charge is 0.270 e. The minimum absolute atomic E-state index is 0.0121. The molecule has 0 atom stereocenters. The van der Waals surface area contributed by atoms with Crippen LogP contribution in [-0.2, 0) is 4.79 Å². The molecule has 1 fully saturated rings. The van der Waals surface area contributed by atoms with Gasteiger partial charge in [0.05, 0.1) is 24.8 Å². The molecule has 0 aromatic heterocycles. The van der Waals surface area contributed by atoms with Gasteiger partial charge in [-0.05, 0) is 43.2 Å². The second kappa shape index (κ2) is 9.54. The van der Waals surface area contributed by atoms with Crippen LogP contribution in [0, 0.1) is 10.1 Å². The summed E-state index contributed by atoms with van der Waals surface area (Å²) in [7, 11) is 1.59. The first-order valence-electron chi connectivity index (χ1n) is 9.30. The van der Waals surface area contributed by atoms with E-state index in [0.29, 0.717) is 5.56 Å². The Morgan fingerprint density at radius 2 is 1.97 bits per heavy atom. The van der Waals surface area contributed by atoms with Gasteiger partial charge >= 0.3 is 0 Å². The fourth-order valence-corrected chi connectivity index (χ4v) is 3.11. The van der Waals surface area contributed by atoms with Gasteiger partial charge in [0.2, 0.25) is 0 Å². The zero-order valence-electron chi connectivity index (χ0n) is 16.1. The lowest BCUT2D eigenvalue weighted by Crippen LogP contribution is -2.26. The van der Waals surface area contributed by atoms with Crippen LogP contribution in [0.5, 0.6) is 5.75 Å². The van der Waals surface area contributed by atoms with E-state index >= 15 is 0 Å². The number of nitro groups is 1. The summed E-state index contributed by atoms with van der Waals surface area (Å²) in [6.45, 7) is 1.84. The Bertz CT molecular complexity index is 892. The van der Waals surface area contributed by atoms with Crippen molar-refractivity contribution in [3.05, 3.63) is 58.1 Å². The Kier molecular flexibility index (Phi) is 6.62. The van der Waals surface area contributed by atoms with Crippen LogP contribution in [-0.4, -0.2) is 43.8 Å². The maximum atomic E-state index is 12.0. The van der Waals surface area contributed by atoms with E-state index in [-0.39, 0.29) is 18.1 Å². The molecule has 29 heavy (non-hydrogen) atoms. The summed E-state index contributed by atoms with van der Waals surface area (Å²) < 4.78 is 5.09. The predicted molar refractivity (Wildman–Crippen MR) is 112 cm³/mol. The van der Waals surface area contributed by atoms with Crippen molar-refractivity contribution in [3.63, 3.8) is 0 Å². The summed E-state index contributed by atoms with van der Waals surface area (Å²) >= 11 is 0. The molecule has 1 aliphatic rings. The molecular formula is C20H23N5O4. The number of amides is 1. The highest BCUT2D eigenvalue weighted by Crippen LogP contribution is 2.27. The van der Waals surface area contributed by atoms with E-state index in [2.05, 4.69) is 20.7 Å². The van der Waals surface area contributed by atoms with Crippen molar-refractivity contribution >= 4 is 29.2 Å². The second-order valence-electron chi connectivity index (χ2n) is 6.57. The standard InChI is InChI=1S/C20H23N5O4/c1-29-18-7-4-16(5-8-18)21-14-20(26)23-22-13-15-12-17(25(27)28)6-9-19(15)24-10-2-3-11-24/h4-9,12-13,21H,2-3,10-11,14H2,1H3,(H,23,26)/b22-13+. The Morgan fingerprint density at radius 3 is 2.62 bits per heavy atom. The Hall–Kier alpha value is -3.62. The maximum absolute atomic E-state index is 12.0. The van der Waals surface area contributed by atoms with Gasteiger partial charge in [0, 0.05) is 42.2 Å². The molecule has 1 heterocycles. The number of hydrazone groups is 1. The molecule has 2 aromatic carbocycles. The molecule has 1 amide bonds. The number of ether oxygens (including phenoxy) is 1. The van der Waals surface area contributed by atoms with E-state index in [1.54, 1.807) is 37.4 Å². The number of hydrogen-bond donors (Lipinski definition) is 2. The molecule has 2 N–H and O–H groups in total. The topological polar surface area (TPSA) is 109 Å². The van der Waals surface area contributed by atoms with Crippen molar-refractivity contribution in [1.29, 1.82) is 0 Å². The second-order valence-corrected chi connectivity index (χ2v) is 6.57. The van der Waals surface area contributed by atoms with Gasteiger partial charge < -0.3 is 15.0 Å². The van der Waals surface area contributed by atoms with E-state index in [0.717, 1.165) is 43.1 Å². The maximum Gasteiger partial charge on any atom is 0.270 e. The molecule has 3 rings (SSSR count). The monoisotopic (exact) mass is 397 g/mol. The van der Waals surface area contributed by atoms with E-state index in [4.69, 9.17) is 4.74 Å². The molecule has 0 spiro atoms. The molecule has 9 heteroatoms. The first kappa shape index (κ1) is 20.1. The predicted octanol–water partition coefficient (Wildman–Crippen LogP) is 2.77. The van der Waals surface area contributed by atoms with Crippen molar-refractivity contribution in [2.75, 3.05) is 37.0 Å². The summed E-state index contributed by atoms with van der Waals surface area (Å²) in [6.07, 6.45) is 3.62. The van der Waals surface area contributed by atoms with Gasteiger partial charge in [0.25, 0.3) is 11.6 Å². The first-order chi connectivity index (χ1) is 14.1. The molecule has 0 unspecified atom stereocenters. The number of nitrogens with zero attached hydrogens (tertiary/aromatic N) is 3. The number of methoxy groups -OCH3 is 1. The van der Waals surface area contributed by atoms with Crippen molar-refractivity contribution in [2.45, 2.75) is 12.8 Å². The van der Waals surface area contributed by atoms with Crippen LogP contribution in [0.25, 0.3) is 0 Å². The van der Waals surface area contributed by atoms with Crippen molar-refractivity contribution in [1.82, 2.24) is 5.43 Å². The number of non-ortho nitro benzene ring substituents is 1. The van der Waals surface area contributed by atoms with Gasteiger partial charge in [0.15, 0.2) is 0 Å². The first-order valence-corrected chi connectivity index (χ1v) is 9.30. The van der Waals surface area contributed by atoms with Crippen LogP contribution < -0.4 is 20.4 Å². The average Bonchev–Trinajstić information content (AvgIpc) is 3.27. The van der Waals surface area contributed by atoms with Gasteiger partial charge in [-0.2, -0.15) is 5.10 Å². The number of nitrogens with one attached hydrogen (secondary N) is 2. The fourth-order valence-electron chi connectivity index (χ4n) is 3.11. The molecule has 152 valence electrons. The number of nitro benzene ring substituents is 1. The van der Waals surface area contributed by atoms with Crippen LogP contribution in [0.3, 0.4) is 0 Å². The van der Waals surface area contributed by atoms with Crippen molar-refractivity contribution in [3.8, 4) is 5.75 Å². The summed E-state index contributed by atoms with van der Waals surface area (Å²) in [5.74, 6) is 0.403. The minimum Gasteiger partial charge on any atom is -0.497 e. The third-order valence-corrected chi connectivity index (χ3v) is 4.60. The molecule has 0 radical (unpaired) electrons. The van der Waals surface area contributed by atoms with E-state index in [1.807, 2.05) is 0 Å². The number of carbonyl (C=O) groups is 1. The third-order valence-electron chi connectivity index (χ3n) is 4.60. The molecule has 0 aliphatic carbocycles. The average molecular weight is 397 g/mol. The number of benzene rings is 2. The molecule has 2 aromatic rings. The van der Waals surface area contributed by atoms with Gasteiger partial charge in [0.1, 0.15) is 5.75 Å². The number of carbonyl (C=O) groups excluding carboxylic acids is 1. The van der Waals surface area contributed by atoms with Gasteiger partial charge in [-0.15, -0.1) is 0 Å². The molecular weight excluding hydrogens is 374 g/mol. The Balaban J connectivity index is 1.61. The van der Waals surface area contributed by atoms with Gasteiger partial charge in [-0.1, -0.05) is 0 Å². The zero-order chi connectivity index (χ0) is 20.6.